The van der Waals surface area contributed by atoms with Crippen molar-refractivity contribution in [3.63, 3.8) is 0 Å². The molecule has 2 saturated heterocycles. The fourth-order valence-corrected chi connectivity index (χ4v) is 5.85. The van der Waals surface area contributed by atoms with Crippen LogP contribution in [-0.2, 0) is 17.5 Å². The van der Waals surface area contributed by atoms with E-state index < -0.39 is 17.6 Å². The number of benzene rings is 2. The predicted molar refractivity (Wildman–Crippen MR) is 182 cm³/mol. The molecule has 6 rings (SSSR count). The van der Waals surface area contributed by atoms with Crippen LogP contribution < -0.4 is 16.0 Å². The first-order valence-electron chi connectivity index (χ1n) is 16.3. The Labute approximate surface area is 283 Å². The van der Waals surface area contributed by atoms with Crippen LogP contribution in [0.25, 0.3) is 5.82 Å². The maximum absolute atomic E-state index is 14.1. The number of aromatic nitrogens is 4. The number of nitrogens with zero attached hydrogens (tertiary/aromatic N) is 7. The Balaban J connectivity index is 1.13. The Morgan fingerprint density at radius 1 is 0.939 bits per heavy atom. The first-order chi connectivity index (χ1) is 23.6. The molecule has 0 spiro atoms. The summed E-state index contributed by atoms with van der Waals surface area (Å²) in [5.41, 5.74) is 1.23. The summed E-state index contributed by atoms with van der Waals surface area (Å²) in [6.07, 6.45) is 0.317. The SMILES string of the molecule is Cc1ccc(C(=O)Nc2ccc(CN3CCN(C)CC3)c(C(F)(F)F)c2)cc1Nc1nccn1-c1cc(NCCN2CCOCC2)ncn1. The van der Waals surface area contributed by atoms with Gasteiger partial charge in [-0.3, -0.25) is 19.2 Å². The van der Waals surface area contributed by atoms with Crippen LogP contribution in [-0.4, -0.2) is 113 Å². The number of nitrogens with one attached hydrogen (secondary N) is 3. The number of carbonyl (C=O) groups is 1. The van der Waals surface area contributed by atoms with Crippen molar-refractivity contribution in [3.8, 4) is 5.82 Å². The van der Waals surface area contributed by atoms with E-state index in [1.165, 1.54) is 18.5 Å². The van der Waals surface area contributed by atoms with Crippen LogP contribution in [0, 0.1) is 6.92 Å². The van der Waals surface area contributed by atoms with Gasteiger partial charge in [-0.05, 0) is 49.4 Å². The third-order valence-corrected chi connectivity index (χ3v) is 8.79. The first-order valence-corrected chi connectivity index (χ1v) is 16.3. The molecular weight excluding hydrogens is 637 g/mol. The lowest BCUT2D eigenvalue weighted by molar-refractivity contribution is -0.138. The van der Waals surface area contributed by atoms with Gasteiger partial charge in [-0.15, -0.1) is 0 Å². The molecule has 49 heavy (non-hydrogen) atoms. The molecular formula is C34H41F3N10O2. The van der Waals surface area contributed by atoms with Gasteiger partial charge in [-0.25, -0.2) is 15.0 Å². The van der Waals surface area contributed by atoms with Gasteiger partial charge in [0.2, 0.25) is 5.95 Å². The zero-order chi connectivity index (χ0) is 34.4. The summed E-state index contributed by atoms with van der Waals surface area (Å²) in [5, 5.41) is 9.28. The van der Waals surface area contributed by atoms with Gasteiger partial charge in [-0.2, -0.15) is 13.2 Å². The average molecular weight is 679 g/mol. The number of aryl methyl sites for hydroxylation is 1. The van der Waals surface area contributed by atoms with E-state index in [2.05, 4.69) is 40.7 Å². The molecule has 4 heterocycles. The third-order valence-electron chi connectivity index (χ3n) is 8.79. The molecule has 2 fully saturated rings. The second-order valence-electron chi connectivity index (χ2n) is 12.3. The normalized spacial score (nSPS) is 16.4. The molecule has 0 saturated carbocycles. The van der Waals surface area contributed by atoms with Crippen molar-refractivity contribution >= 4 is 29.0 Å². The standard InChI is InChI=1S/C34H41F3N10O2/c1-24-3-4-25(32(48)42-27-6-5-26(28(20-27)34(35,36)37)22-46-13-11-44(2)12-14-46)19-29(24)43-33-39-8-10-47(33)31-21-30(40-23-41-31)38-7-9-45-15-17-49-18-16-45/h3-6,8,10,19-21,23H,7,9,11-18,22H2,1-2H3,(H,39,43)(H,42,48)(H,38,40,41). The Kier molecular flexibility index (Phi) is 10.7. The number of likely N-dealkylation sites (N-methyl/N-ethyl adjacent to an activating group) is 1. The van der Waals surface area contributed by atoms with Crippen LogP contribution in [0.1, 0.15) is 27.0 Å². The molecule has 3 N–H and O–H groups in total. The number of imidazole rings is 1. The van der Waals surface area contributed by atoms with E-state index in [4.69, 9.17) is 4.74 Å². The number of morpholine rings is 1. The van der Waals surface area contributed by atoms with Crippen LogP contribution >= 0.6 is 0 Å². The Bertz CT molecular complexity index is 1730. The second kappa shape index (κ2) is 15.3. The summed E-state index contributed by atoms with van der Waals surface area (Å²) >= 11 is 0. The van der Waals surface area contributed by atoms with Crippen molar-refractivity contribution in [2.24, 2.45) is 0 Å². The average Bonchev–Trinajstić information content (AvgIpc) is 3.56. The largest absolute Gasteiger partial charge is 0.416 e. The Morgan fingerprint density at radius 2 is 1.73 bits per heavy atom. The lowest BCUT2D eigenvalue weighted by Gasteiger charge is -2.33. The highest BCUT2D eigenvalue weighted by molar-refractivity contribution is 6.05. The van der Waals surface area contributed by atoms with Crippen molar-refractivity contribution in [3.05, 3.63) is 83.4 Å². The summed E-state index contributed by atoms with van der Waals surface area (Å²) in [4.78, 5) is 33.0. The smallest absolute Gasteiger partial charge is 0.379 e. The van der Waals surface area contributed by atoms with E-state index in [9.17, 15) is 18.0 Å². The molecule has 2 aromatic heterocycles. The van der Waals surface area contributed by atoms with Crippen molar-refractivity contribution < 1.29 is 22.7 Å². The summed E-state index contributed by atoms with van der Waals surface area (Å²) in [6.45, 7) is 9.98. The Hall–Kier alpha value is -4.57. The molecule has 4 aromatic rings. The van der Waals surface area contributed by atoms with Crippen molar-refractivity contribution in [2.75, 3.05) is 88.6 Å². The number of carbonyl (C=O) groups excluding carboxylic acids is 1. The summed E-state index contributed by atoms with van der Waals surface area (Å²) in [6, 6.07) is 10.9. The molecule has 2 aromatic carbocycles. The number of hydrogen-bond donors (Lipinski definition) is 3. The molecule has 0 atom stereocenters. The number of rotatable bonds is 11. The van der Waals surface area contributed by atoms with E-state index in [1.807, 2.05) is 24.9 Å². The summed E-state index contributed by atoms with van der Waals surface area (Å²) in [7, 11) is 2.00. The first kappa shape index (κ1) is 34.3. The fraction of sp³-hybridized carbons (Fsp3) is 0.412. The maximum Gasteiger partial charge on any atom is 0.416 e. The molecule has 1 amide bonds. The van der Waals surface area contributed by atoms with E-state index in [0.29, 0.717) is 36.4 Å². The Morgan fingerprint density at radius 3 is 2.51 bits per heavy atom. The van der Waals surface area contributed by atoms with Gasteiger partial charge in [0.05, 0.1) is 18.8 Å². The molecule has 15 heteroatoms. The number of halogens is 3. The third kappa shape index (κ3) is 8.92. The molecule has 260 valence electrons. The van der Waals surface area contributed by atoms with Gasteiger partial charge in [0.15, 0.2) is 0 Å². The molecule has 2 aliphatic heterocycles. The van der Waals surface area contributed by atoms with Crippen molar-refractivity contribution in [1.29, 1.82) is 0 Å². The molecule has 0 aliphatic carbocycles. The highest BCUT2D eigenvalue weighted by Crippen LogP contribution is 2.35. The molecule has 0 radical (unpaired) electrons. The van der Waals surface area contributed by atoms with Crippen LogP contribution in [0.4, 0.5) is 36.3 Å². The van der Waals surface area contributed by atoms with Gasteiger partial charge in [0.1, 0.15) is 18.0 Å². The minimum absolute atomic E-state index is 0.0724. The van der Waals surface area contributed by atoms with Crippen LogP contribution in [0.15, 0.2) is 61.2 Å². The summed E-state index contributed by atoms with van der Waals surface area (Å²) in [5.74, 6) is 1.19. The number of hydrogen-bond acceptors (Lipinski definition) is 10. The topological polar surface area (TPSA) is 116 Å². The van der Waals surface area contributed by atoms with Gasteiger partial charge < -0.3 is 25.6 Å². The number of piperazine rings is 1. The van der Waals surface area contributed by atoms with Crippen LogP contribution in [0.3, 0.4) is 0 Å². The van der Waals surface area contributed by atoms with Gasteiger partial charge in [0, 0.05) is 94.3 Å². The van der Waals surface area contributed by atoms with E-state index in [-0.39, 0.29) is 23.4 Å². The number of ether oxygens (including phenoxy) is 1. The zero-order valence-corrected chi connectivity index (χ0v) is 27.6. The number of amides is 1. The number of anilines is 4. The molecule has 0 bridgehead atoms. The highest BCUT2D eigenvalue weighted by Gasteiger charge is 2.34. The monoisotopic (exact) mass is 678 g/mol. The van der Waals surface area contributed by atoms with Gasteiger partial charge in [-0.1, -0.05) is 12.1 Å². The quantitative estimate of drug-likeness (QED) is 0.210. The molecule has 2 aliphatic rings. The van der Waals surface area contributed by atoms with E-state index in [0.717, 1.165) is 64.1 Å². The van der Waals surface area contributed by atoms with E-state index in [1.54, 1.807) is 35.2 Å². The fourth-order valence-electron chi connectivity index (χ4n) is 5.85. The second-order valence-corrected chi connectivity index (χ2v) is 12.3. The van der Waals surface area contributed by atoms with Crippen LogP contribution in [0.5, 0.6) is 0 Å². The zero-order valence-electron chi connectivity index (χ0n) is 27.6. The summed E-state index contributed by atoms with van der Waals surface area (Å²) < 4.78 is 49.5. The molecule has 12 nitrogen and oxygen atoms in total. The minimum atomic E-state index is -4.56. The predicted octanol–water partition coefficient (Wildman–Crippen LogP) is 4.48. The van der Waals surface area contributed by atoms with Crippen molar-refractivity contribution in [2.45, 2.75) is 19.6 Å². The van der Waals surface area contributed by atoms with Gasteiger partial charge in [0.25, 0.3) is 5.91 Å². The minimum Gasteiger partial charge on any atom is -0.379 e. The lowest BCUT2D eigenvalue weighted by atomic mass is 10.0. The number of alkyl halides is 3. The molecule has 0 unspecified atom stereocenters. The van der Waals surface area contributed by atoms with E-state index >= 15 is 0 Å². The van der Waals surface area contributed by atoms with Crippen LogP contribution in [0.2, 0.25) is 0 Å². The maximum atomic E-state index is 14.1. The van der Waals surface area contributed by atoms with Crippen molar-refractivity contribution in [1.82, 2.24) is 34.2 Å². The highest BCUT2D eigenvalue weighted by atomic mass is 19.4. The van der Waals surface area contributed by atoms with Gasteiger partial charge >= 0.3 is 6.18 Å². The lowest BCUT2D eigenvalue weighted by Crippen LogP contribution is -2.44.